The first-order valence-corrected chi connectivity index (χ1v) is 22.6. The molecule has 344 valence electrons. The summed E-state index contributed by atoms with van der Waals surface area (Å²) in [6, 6.07) is 0. The van der Waals surface area contributed by atoms with Crippen LogP contribution in [0.1, 0.15) is 90.9 Å². The van der Waals surface area contributed by atoms with E-state index in [4.69, 9.17) is 0 Å². The summed E-state index contributed by atoms with van der Waals surface area (Å²) in [6.45, 7) is 6.82. The predicted octanol–water partition coefficient (Wildman–Crippen LogP) is 7.46. The molecule has 2 heterocycles. The fourth-order valence-corrected chi connectivity index (χ4v) is 7.24. The van der Waals surface area contributed by atoms with Crippen molar-refractivity contribution in [3.8, 4) is 0 Å². The molecule has 0 aromatic carbocycles. The van der Waals surface area contributed by atoms with Crippen molar-refractivity contribution in [2.75, 3.05) is 0 Å². The van der Waals surface area contributed by atoms with Gasteiger partial charge in [0, 0.05) is 0 Å². The van der Waals surface area contributed by atoms with Gasteiger partial charge in [-0.3, -0.25) is 0 Å². The van der Waals surface area contributed by atoms with Crippen molar-refractivity contribution < 1.29 is 95.5 Å². The molecule has 0 aliphatic carbocycles. The monoisotopic (exact) mass is 950 g/mol. The zero-order valence-corrected chi connectivity index (χ0v) is 34.7. The minimum absolute atomic E-state index is 0.778. The van der Waals surface area contributed by atoms with Crippen LogP contribution in [0.3, 0.4) is 0 Å². The number of nitrogens with zero attached hydrogens (tertiary/aromatic N) is 6. The van der Waals surface area contributed by atoms with Crippen LogP contribution in [0.15, 0.2) is 37.4 Å². The van der Waals surface area contributed by atoms with E-state index in [1.54, 1.807) is 0 Å². The summed E-state index contributed by atoms with van der Waals surface area (Å²) in [4.78, 5) is 0. The van der Waals surface area contributed by atoms with Gasteiger partial charge in [0.25, 0.3) is 0 Å². The summed E-state index contributed by atoms with van der Waals surface area (Å²) in [6.07, 6.45) is 29.4. The van der Waals surface area contributed by atoms with Crippen molar-refractivity contribution in [1.29, 1.82) is 0 Å². The van der Waals surface area contributed by atoms with E-state index in [2.05, 4.69) is 76.6 Å². The molecule has 2 aromatic heterocycles. The van der Waals surface area contributed by atoms with Gasteiger partial charge in [-0.2, -0.15) is 52.7 Å². The summed E-state index contributed by atoms with van der Waals surface area (Å²) >= 11 is 0. The van der Waals surface area contributed by atoms with Crippen molar-refractivity contribution >= 4 is 40.1 Å². The SMILES string of the molecule is CCCCCCCCCCCCn1cc[n+](C)c1.CCCCn1cc[n+](C)c1.O=S(=O)([N-]S(=O)(=O)C(F)(F)F)C(F)(F)F.O=S(=O)([N-]S(=O)(=O)C(F)(F)F)C(F)(F)F. The first-order valence-electron chi connectivity index (χ1n) is 16.8. The normalized spacial score (nSPS) is 13.1. The Bertz CT molecular complexity index is 1740. The van der Waals surface area contributed by atoms with E-state index in [1.807, 2.05) is 7.05 Å². The lowest BCUT2D eigenvalue weighted by molar-refractivity contribution is -0.671. The Labute approximate surface area is 329 Å². The number of imidazole rings is 2. The molecule has 0 fully saturated rings. The van der Waals surface area contributed by atoms with Gasteiger partial charge in [0.15, 0.2) is 40.1 Å². The van der Waals surface area contributed by atoms with Crippen molar-refractivity contribution in [3.05, 3.63) is 45.7 Å². The lowest BCUT2D eigenvalue weighted by Gasteiger charge is -2.22. The maximum atomic E-state index is 11.4. The van der Waals surface area contributed by atoms with Crippen LogP contribution in [-0.4, -0.2) is 64.8 Å². The van der Waals surface area contributed by atoms with Gasteiger partial charge in [0.1, 0.15) is 24.8 Å². The second kappa shape index (κ2) is 24.5. The van der Waals surface area contributed by atoms with Crippen LogP contribution in [-0.2, 0) is 67.3 Å². The molecule has 14 nitrogen and oxygen atoms in total. The third-order valence-electron chi connectivity index (χ3n) is 6.75. The standard InChI is InChI=1S/C16H31N2.C8H15N2.2C2F6NO4S2/c1-3-4-5-6-7-8-9-10-11-12-13-18-15-14-17(2)16-18;1-3-4-5-10-7-6-9(2)8-10;2*3-1(4,5)14(10,11)9-15(12,13)2(6,7)8/h14-16H,3-13H2,1-2H3;6-8H,3-5H2,1-2H3;;/q2*+1;2*-1. The molecule has 0 amide bonds. The predicted molar refractivity (Wildman–Crippen MR) is 185 cm³/mol. The highest BCUT2D eigenvalue weighted by atomic mass is 32.3. The van der Waals surface area contributed by atoms with Gasteiger partial charge in [-0.15, -0.1) is 0 Å². The summed E-state index contributed by atoms with van der Waals surface area (Å²) in [5.41, 5.74) is -24.8. The Morgan fingerprint density at radius 2 is 0.672 bits per heavy atom. The molecular formula is C28H46F12N6O8S4. The molecule has 0 atom stereocenters. The molecule has 0 aliphatic heterocycles. The first-order chi connectivity index (χ1) is 26.1. The van der Waals surface area contributed by atoms with E-state index < -0.39 is 62.1 Å². The number of sulfonamides is 4. The molecule has 30 heteroatoms. The zero-order valence-electron chi connectivity index (χ0n) is 31.5. The molecule has 0 saturated carbocycles. The van der Waals surface area contributed by atoms with Gasteiger partial charge in [0.05, 0.1) is 27.2 Å². The van der Waals surface area contributed by atoms with E-state index in [1.165, 1.54) is 83.6 Å². The number of aromatic nitrogens is 4. The Hall–Kier alpha value is -2.70. The third kappa shape index (κ3) is 23.2. The molecular weight excluding hydrogens is 905 g/mol. The number of alkyl halides is 12. The summed E-state index contributed by atoms with van der Waals surface area (Å²) < 4.78 is 227. The van der Waals surface area contributed by atoms with Crippen LogP contribution in [0.4, 0.5) is 52.7 Å². The lowest BCUT2D eigenvalue weighted by atomic mass is 10.1. The van der Waals surface area contributed by atoms with Crippen LogP contribution < -0.4 is 9.13 Å². The molecule has 0 radical (unpaired) electrons. The highest BCUT2D eigenvalue weighted by Gasteiger charge is 2.48. The molecule has 2 rings (SSSR count). The second-order valence-electron chi connectivity index (χ2n) is 12.0. The topological polar surface area (TPSA) is 182 Å². The molecule has 0 unspecified atom stereocenters. The zero-order chi connectivity index (χ0) is 45.9. The number of aryl methyl sites for hydroxylation is 4. The fourth-order valence-electron chi connectivity index (χ4n) is 3.82. The Morgan fingerprint density at radius 1 is 0.431 bits per heavy atom. The molecule has 0 saturated heterocycles. The Morgan fingerprint density at radius 3 is 0.897 bits per heavy atom. The van der Waals surface area contributed by atoms with Crippen LogP contribution in [0.2, 0.25) is 0 Å². The Balaban J connectivity index is 0. The lowest BCUT2D eigenvalue weighted by Crippen LogP contribution is -2.30. The highest BCUT2D eigenvalue weighted by molar-refractivity contribution is 8.13. The minimum atomic E-state index is -6.72. The largest absolute Gasteiger partial charge is 0.480 e. The summed E-state index contributed by atoms with van der Waals surface area (Å²) in [7, 11) is -22.8. The Kier molecular flexibility index (Phi) is 24.3. The van der Waals surface area contributed by atoms with Crippen molar-refractivity contribution in [2.24, 2.45) is 14.1 Å². The van der Waals surface area contributed by atoms with Crippen LogP contribution in [0.25, 0.3) is 8.25 Å². The van der Waals surface area contributed by atoms with Crippen LogP contribution in [0, 0.1) is 0 Å². The quantitative estimate of drug-likeness (QED) is 0.0838. The van der Waals surface area contributed by atoms with E-state index in [0.717, 1.165) is 14.8 Å². The minimum Gasteiger partial charge on any atom is -0.421 e. The van der Waals surface area contributed by atoms with Gasteiger partial charge in [-0.25, -0.2) is 51.9 Å². The van der Waals surface area contributed by atoms with Gasteiger partial charge in [0.2, 0.25) is 12.7 Å². The number of rotatable bonds is 18. The van der Waals surface area contributed by atoms with Gasteiger partial charge >= 0.3 is 22.0 Å². The van der Waals surface area contributed by atoms with Gasteiger partial charge in [-0.1, -0.05) is 71.6 Å². The molecule has 0 bridgehead atoms. The first kappa shape index (κ1) is 57.4. The molecule has 0 N–H and O–H groups in total. The molecule has 0 spiro atoms. The third-order valence-corrected chi connectivity index (χ3v) is 12.2. The van der Waals surface area contributed by atoms with Crippen molar-refractivity contribution in [2.45, 2.75) is 126 Å². The summed E-state index contributed by atoms with van der Waals surface area (Å²) in [5.74, 6) is 0. The van der Waals surface area contributed by atoms with Crippen LogP contribution >= 0.6 is 0 Å². The average molecular weight is 951 g/mol. The van der Waals surface area contributed by atoms with Crippen molar-refractivity contribution in [3.63, 3.8) is 0 Å². The van der Waals surface area contributed by atoms with E-state index >= 15 is 0 Å². The van der Waals surface area contributed by atoms with E-state index in [9.17, 15) is 86.4 Å². The molecule has 2 aromatic rings. The average Bonchev–Trinajstić information content (AvgIpc) is 3.65. The summed E-state index contributed by atoms with van der Waals surface area (Å²) in [5, 5.41) is 0. The number of hydrogen-bond acceptors (Lipinski definition) is 8. The number of halogens is 12. The maximum absolute atomic E-state index is 11.4. The molecule has 58 heavy (non-hydrogen) atoms. The number of hydrogen-bond donors (Lipinski definition) is 0. The molecule has 0 aliphatic rings. The van der Waals surface area contributed by atoms with E-state index in [-0.39, 0.29) is 0 Å². The van der Waals surface area contributed by atoms with Gasteiger partial charge < -0.3 is 8.25 Å². The van der Waals surface area contributed by atoms with Crippen LogP contribution in [0.5, 0.6) is 0 Å². The number of unbranched alkanes of at least 4 members (excludes halogenated alkanes) is 10. The maximum Gasteiger partial charge on any atom is 0.480 e. The second-order valence-corrected chi connectivity index (χ2v) is 18.8. The van der Waals surface area contributed by atoms with E-state index in [0.29, 0.717) is 0 Å². The van der Waals surface area contributed by atoms with Crippen molar-refractivity contribution in [1.82, 2.24) is 9.13 Å². The smallest absolute Gasteiger partial charge is 0.421 e. The fraction of sp³-hybridized carbons (Fsp3) is 0.786. The van der Waals surface area contributed by atoms with Gasteiger partial charge in [-0.05, 0) is 19.3 Å². The highest BCUT2D eigenvalue weighted by Crippen LogP contribution is 2.37.